The van der Waals surface area contributed by atoms with Gasteiger partial charge in [-0.1, -0.05) is 12.1 Å². The number of fused-ring (bicyclic) bond motifs is 1. The standard InChI is InChI=1S/C21H23N3O2/c1-26-17-6-4-15(5-7-17)13-21(25)24-11-8-16(9-12-24)19-14-20-18(23-19)3-2-10-22-20/h2-7,10,14,16,23H,8-9,11-13H2,1H3. The number of hydrogen-bond acceptors (Lipinski definition) is 3. The van der Waals surface area contributed by atoms with Crippen molar-refractivity contribution in [1.29, 1.82) is 0 Å². The second kappa shape index (κ2) is 7.20. The van der Waals surface area contributed by atoms with Gasteiger partial charge in [0, 0.05) is 30.9 Å². The molecular weight excluding hydrogens is 326 g/mol. The quantitative estimate of drug-likeness (QED) is 0.784. The fraction of sp³-hybridized carbons (Fsp3) is 0.333. The average Bonchev–Trinajstić information content (AvgIpc) is 3.13. The highest BCUT2D eigenvalue weighted by molar-refractivity contribution is 5.79. The van der Waals surface area contributed by atoms with Crippen LogP contribution in [0.15, 0.2) is 48.7 Å². The van der Waals surface area contributed by atoms with Crippen molar-refractivity contribution in [3.8, 4) is 5.75 Å². The molecule has 0 unspecified atom stereocenters. The minimum Gasteiger partial charge on any atom is -0.497 e. The van der Waals surface area contributed by atoms with Crippen LogP contribution >= 0.6 is 0 Å². The van der Waals surface area contributed by atoms with Crippen molar-refractivity contribution >= 4 is 16.9 Å². The molecule has 0 aliphatic carbocycles. The summed E-state index contributed by atoms with van der Waals surface area (Å²) in [4.78, 5) is 22.4. The Balaban J connectivity index is 1.35. The molecule has 26 heavy (non-hydrogen) atoms. The third-order valence-electron chi connectivity index (χ3n) is 5.21. The van der Waals surface area contributed by atoms with Crippen LogP contribution in [-0.4, -0.2) is 41.0 Å². The molecule has 5 heteroatoms. The molecule has 1 saturated heterocycles. The van der Waals surface area contributed by atoms with E-state index in [0.29, 0.717) is 12.3 Å². The van der Waals surface area contributed by atoms with Crippen LogP contribution in [0.5, 0.6) is 5.75 Å². The third-order valence-corrected chi connectivity index (χ3v) is 5.21. The molecule has 134 valence electrons. The highest BCUT2D eigenvalue weighted by atomic mass is 16.5. The van der Waals surface area contributed by atoms with Crippen LogP contribution in [-0.2, 0) is 11.2 Å². The van der Waals surface area contributed by atoms with Crippen LogP contribution in [0.1, 0.15) is 30.0 Å². The maximum atomic E-state index is 12.6. The van der Waals surface area contributed by atoms with Gasteiger partial charge in [0.2, 0.25) is 5.91 Å². The first-order valence-electron chi connectivity index (χ1n) is 9.07. The van der Waals surface area contributed by atoms with E-state index in [2.05, 4.69) is 22.1 Å². The smallest absolute Gasteiger partial charge is 0.226 e. The number of carbonyl (C=O) groups is 1. The van der Waals surface area contributed by atoms with E-state index in [9.17, 15) is 4.79 Å². The van der Waals surface area contributed by atoms with E-state index < -0.39 is 0 Å². The van der Waals surface area contributed by atoms with Crippen molar-refractivity contribution in [2.45, 2.75) is 25.2 Å². The lowest BCUT2D eigenvalue weighted by atomic mass is 9.93. The minimum atomic E-state index is 0.201. The number of hydrogen-bond donors (Lipinski definition) is 1. The van der Waals surface area contributed by atoms with E-state index in [1.165, 1.54) is 5.69 Å². The van der Waals surface area contributed by atoms with Crippen LogP contribution in [0.3, 0.4) is 0 Å². The van der Waals surface area contributed by atoms with E-state index in [0.717, 1.165) is 48.3 Å². The molecular formula is C21H23N3O2. The van der Waals surface area contributed by atoms with Crippen LogP contribution in [0.4, 0.5) is 0 Å². The molecule has 1 aromatic carbocycles. The highest BCUT2D eigenvalue weighted by Gasteiger charge is 2.25. The number of nitrogens with one attached hydrogen (secondary N) is 1. The van der Waals surface area contributed by atoms with E-state index in [1.807, 2.05) is 41.4 Å². The van der Waals surface area contributed by atoms with Gasteiger partial charge in [0.05, 0.1) is 24.6 Å². The first kappa shape index (κ1) is 16.6. The van der Waals surface area contributed by atoms with Gasteiger partial charge >= 0.3 is 0 Å². The number of pyridine rings is 1. The number of ether oxygens (including phenoxy) is 1. The van der Waals surface area contributed by atoms with Gasteiger partial charge in [-0.15, -0.1) is 0 Å². The zero-order valence-corrected chi connectivity index (χ0v) is 14.9. The van der Waals surface area contributed by atoms with Crippen LogP contribution in [0.25, 0.3) is 11.0 Å². The maximum absolute atomic E-state index is 12.6. The van der Waals surface area contributed by atoms with Gasteiger partial charge in [-0.05, 0) is 48.7 Å². The zero-order valence-electron chi connectivity index (χ0n) is 14.9. The van der Waals surface area contributed by atoms with E-state index in [4.69, 9.17) is 4.74 Å². The number of aromatic amines is 1. The number of aromatic nitrogens is 2. The number of carbonyl (C=O) groups excluding carboxylic acids is 1. The Kier molecular flexibility index (Phi) is 4.61. The summed E-state index contributed by atoms with van der Waals surface area (Å²) < 4.78 is 5.16. The summed E-state index contributed by atoms with van der Waals surface area (Å²) in [6.45, 7) is 1.62. The lowest BCUT2D eigenvalue weighted by Gasteiger charge is -2.31. The molecule has 3 aromatic rings. The number of methoxy groups -OCH3 is 1. The fourth-order valence-electron chi connectivity index (χ4n) is 3.67. The molecule has 0 radical (unpaired) electrons. The molecule has 0 saturated carbocycles. The number of amides is 1. The Bertz CT molecular complexity index is 860. The predicted octanol–water partition coefficient (Wildman–Crippen LogP) is 3.52. The maximum Gasteiger partial charge on any atom is 0.226 e. The zero-order chi connectivity index (χ0) is 17.9. The molecule has 1 N–H and O–H groups in total. The van der Waals surface area contributed by atoms with Crippen molar-refractivity contribution in [3.63, 3.8) is 0 Å². The molecule has 4 rings (SSSR count). The normalized spacial score (nSPS) is 15.3. The molecule has 1 aliphatic heterocycles. The molecule has 1 amide bonds. The molecule has 0 atom stereocenters. The first-order chi connectivity index (χ1) is 12.7. The topological polar surface area (TPSA) is 58.2 Å². The van der Waals surface area contributed by atoms with Crippen molar-refractivity contribution in [3.05, 3.63) is 59.9 Å². The summed E-state index contributed by atoms with van der Waals surface area (Å²) in [6.07, 6.45) is 4.24. The van der Waals surface area contributed by atoms with Crippen LogP contribution < -0.4 is 4.74 Å². The fourth-order valence-corrected chi connectivity index (χ4v) is 3.67. The minimum absolute atomic E-state index is 0.201. The Morgan fingerprint density at radius 2 is 2.00 bits per heavy atom. The largest absolute Gasteiger partial charge is 0.497 e. The third kappa shape index (κ3) is 3.43. The van der Waals surface area contributed by atoms with Crippen molar-refractivity contribution in [1.82, 2.24) is 14.9 Å². The summed E-state index contributed by atoms with van der Waals surface area (Å²) >= 11 is 0. The summed E-state index contributed by atoms with van der Waals surface area (Å²) in [7, 11) is 1.65. The predicted molar refractivity (Wildman–Crippen MR) is 101 cm³/mol. The van der Waals surface area contributed by atoms with Gasteiger partial charge in [-0.2, -0.15) is 0 Å². The van der Waals surface area contributed by atoms with Gasteiger partial charge in [0.15, 0.2) is 0 Å². The van der Waals surface area contributed by atoms with E-state index in [-0.39, 0.29) is 5.91 Å². The van der Waals surface area contributed by atoms with Crippen molar-refractivity contribution in [2.75, 3.05) is 20.2 Å². The van der Waals surface area contributed by atoms with Gasteiger partial charge in [-0.3, -0.25) is 9.78 Å². The molecule has 5 nitrogen and oxygen atoms in total. The molecule has 3 heterocycles. The number of benzene rings is 1. The Morgan fingerprint density at radius 3 is 2.69 bits per heavy atom. The number of piperidine rings is 1. The first-order valence-corrected chi connectivity index (χ1v) is 9.07. The Hall–Kier alpha value is -2.82. The average molecular weight is 349 g/mol. The SMILES string of the molecule is COc1ccc(CC(=O)N2CCC(c3cc4ncccc4[nH]3)CC2)cc1. The summed E-state index contributed by atoms with van der Waals surface area (Å²) in [5, 5.41) is 0. The van der Waals surface area contributed by atoms with Crippen LogP contribution in [0.2, 0.25) is 0 Å². The number of H-pyrrole nitrogens is 1. The Labute approximate surface area is 153 Å². The molecule has 2 aromatic heterocycles. The van der Waals surface area contributed by atoms with E-state index >= 15 is 0 Å². The molecule has 0 bridgehead atoms. The Morgan fingerprint density at radius 1 is 1.23 bits per heavy atom. The van der Waals surface area contributed by atoms with E-state index in [1.54, 1.807) is 7.11 Å². The second-order valence-electron chi connectivity index (χ2n) is 6.84. The second-order valence-corrected chi connectivity index (χ2v) is 6.84. The highest BCUT2D eigenvalue weighted by Crippen LogP contribution is 2.29. The van der Waals surface area contributed by atoms with Gasteiger partial charge < -0.3 is 14.6 Å². The van der Waals surface area contributed by atoms with Crippen molar-refractivity contribution in [2.24, 2.45) is 0 Å². The molecule has 0 spiro atoms. The number of nitrogens with zero attached hydrogens (tertiary/aromatic N) is 2. The lowest BCUT2D eigenvalue weighted by molar-refractivity contribution is -0.131. The summed E-state index contributed by atoms with van der Waals surface area (Å²) in [6, 6.07) is 13.9. The number of rotatable bonds is 4. The van der Waals surface area contributed by atoms with Gasteiger partial charge in [-0.25, -0.2) is 0 Å². The summed E-state index contributed by atoms with van der Waals surface area (Å²) in [5.74, 6) is 1.48. The molecule has 1 aliphatic rings. The number of likely N-dealkylation sites (tertiary alicyclic amines) is 1. The monoisotopic (exact) mass is 349 g/mol. The van der Waals surface area contributed by atoms with Crippen LogP contribution in [0, 0.1) is 0 Å². The van der Waals surface area contributed by atoms with Gasteiger partial charge in [0.1, 0.15) is 5.75 Å². The molecule has 1 fully saturated rings. The lowest BCUT2D eigenvalue weighted by Crippen LogP contribution is -2.38. The van der Waals surface area contributed by atoms with Gasteiger partial charge in [0.25, 0.3) is 0 Å². The summed E-state index contributed by atoms with van der Waals surface area (Å²) in [5.41, 5.74) is 4.36. The van der Waals surface area contributed by atoms with Crippen molar-refractivity contribution < 1.29 is 9.53 Å².